The summed E-state index contributed by atoms with van der Waals surface area (Å²) in [7, 11) is 0. The van der Waals surface area contributed by atoms with E-state index < -0.39 is 0 Å². The van der Waals surface area contributed by atoms with E-state index in [4.69, 9.17) is 0 Å². The Morgan fingerprint density at radius 1 is 0.913 bits per heavy atom. The lowest BCUT2D eigenvalue weighted by atomic mass is 10.1. The molecule has 2 heterocycles. The zero-order valence-corrected chi connectivity index (χ0v) is 12.9. The fourth-order valence-corrected chi connectivity index (χ4v) is 2.70. The molecule has 118 valence electrons. The smallest absolute Gasteiger partial charge is 0.255 e. The second-order valence-electron chi connectivity index (χ2n) is 5.60. The molecule has 3 rings (SSSR count). The SMILES string of the molecule is O=C(CN1CCN(C(=O)c2cccnc2)CC1)c1ccccc1. The Labute approximate surface area is 135 Å². The summed E-state index contributed by atoms with van der Waals surface area (Å²) < 4.78 is 0. The first-order valence-corrected chi connectivity index (χ1v) is 7.74. The van der Waals surface area contributed by atoms with Crippen molar-refractivity contribution in [1.29, 1.82) is 0 Å². The molecule has 2 aromatic rings. The molecule has 1 saturated heterocycles. The molecule has 0 spiro atoms. The van der Waals surface area contributed by atoms with Gasteiger partial charge >= 0.3 is 0 Å². The Bertz CT molecular complexity index is 665. The highest BCUT2D eigenvalue weighted by Gasteiger charge is 2.23. The second-order valence-corrected chi connectivity index (χ2v) is 5.60. The van der Waals surface area contributed by atoms with Crippen LogP contribution in [0.1, 0.15) is 20.7 Å². The van der Waals surface area contributed by atoms with Gasteiger partial charge in [-0.3, -0.25) is 19.5 Å². The number of hydrogen-bond acceptors (Lipinski definition) is 4. The normalized spacial score (nSPS) is 15.4. The number of aromatic nitrogens is 1. The van der Waals surface area contributed by atoms with Gasteiger partial charge in [-0.15, -0.1) is 0 Å². The Balaban J connectivity index is 1.53. The molecule has 0 atom stereocenters. The number of carbonyl (C=O) groups is 2. The number of nitrogens with zero attached hydrogens (tertiary/aromatic N) is 3. The molecule has 1 aromatic carbocycles. The van der Waals surface area contributed by atoms with Crippen LogP contribution in [0.15, 0.2) is 54.9 Å². The predicted molar refractivity (Wildman–Crippen MR) is 87.4 cm³/mol. The third-order valence-corrected chi connectivity index (χ3v) is 4.03. The van der Waals surface area contributed by atoms with Crippen molar-refractivity contribution < 1.29 is 9.59 Å². The molecule has 0 saturated carbocycles. The first kappa shape index (κ1) is 15.4. The number of rotatable bonds is 4. The van der Waals surface area contributed by atoms with E-state index in [1.54, 1.807) is 24.5 Å². The molecule has 23 heavy (non-hydrogen) atoms. The average Bonchev–Trinajstić information content (AvgIpc) is 2.63. The number of benzene rings is 1. The summed E-state index contributed by atoms with van der Waals surface area (Å²) in [5.41, 5.74) is 1.35. The summed E-state index contributed by atoms with van der Waals surface area (Å²) in [5.74, 6) is 0.129. The van der Waals surface area contributed by atoms with Crippen molar-refractivity contribution in [2.45, 2.75) is 0 Å². The third-order valence-electron chi connectivity index (χ3n) is 4.03. The van der Waals surface area contributed by atoms with E-state index in [0.717, 1.165) is 5.56 Å². The quantitative estimate of drug-likeness (QED) is 0.807. The van der Waals surface area contributed by atoms with Crippen LogP contribution in [0, 0.1) is 0 Å². The van der Waals surface area contributed by atoms with Crippen LogP contribution in [0.3, 0.4) is 0 Å². The fourth-order valence-electron chi connectivity index (χ4n) is 2.70. The van der Waals surface area contributed by atoms with Gasteiger partial charge in [-0.1, -0.05) is 30.3 Å². The van der Waals surface area contributed by atoms with Crippen LogP contribution in [0.2, 0.25) is 0 Å². The van der Waals surface area contributed by atoms with Crippen LogP contribution >= 0.6 is 0 Å². The van der Waals surface area contributed by atoms with E-state index >= 15 is 0 Å². The zero-order valence-electron chi connectivity index (χ0n) is 12.9. The molecule has 0 radical (unpaired) electrons. The van der Waals surface area contributed by atoms with Gasteiger partial charge in [0.15, 0.2) is 5.78 Å². The van der Waals surface area contributed by atoms with Crippen LogP contribution < -0.4 is 0 Å². The Hall–Kier alpha value is -2.53. The van der Waals surface area contributed by atoms with Gasteiger partial charge in [-0.2, -0.15) is 0 Å². The van der Waals surface area contributed by atoms with E-state index in [0.29, 0.717) is 38.3 Å². The fraction of sp³-hybridized carbons (Fsp3) is 0.278. The molecular formula is C18H19N3O2. The summed E-state index contributed by atoms with van der Waals surface area (Å²) >= 11 is 0. The number of amides is 1. The maximum Gasteiger partial charge on any atom is 0.255 e. The minimum absolute atomic E-state index is 0.00661. The molecule has 1 aliphatic rings. The highest BCUT2D eigenvalue weighted by atomic mass is 16.2. The Morgan fingerprint density at radius 2 is 1.61 bits per heavy atom. The number of ketones is 1. The maximum atomic E-state index is 12.4. The third kappa shape index (κ3) is 3.81. The summed E-state index contributed by atoms with van der Waals surface area (Å²) in [6, 6.07) is 12.9. The van der Waals surface area contributed by atoms with Gasteiger partial charge in [0.25, 0.3) is 5.91 Å². The molecule has 1 aliphatic heterocycles. The van der Waals surface area contributed by atoms with Crippen LogP contribution in [-0.4, -0.2) is 59.2 Å². The molecule has 5 heteroatoms. The van der Waals surface area contributed by atoms with E-state index in [2.05, 4.69) is 9.88 Å². The Kier molecular flexibility index (Phi) is 4.78. The molecule has 1 fully saturated rings. The van der Waals surface area contributed by atoms with Gasteiger partial charge in [0.1, 0.15) is 0 Å². The van der Waals surface area contributed by atoms with Gasteiger partial charge in [0.2, 0.25) is 0 Å². The van der Waals surface area contributed by atoms with Crippen molar-refractivity contribution in [2.24, 2.45) is 0 Å². The highest BCUT2D eigenvalue weighted by molar-refractivity contribution is 5.97. The minimum Gasteiger partial charge on any atom is -0.336 e. The number of Topliss-reactive ketones (excluding diaryl/α,β-unsaturated/α-hetero) is 1. The summed E-state index contributed by atoms with van der Waals surface area (Å²) in [4.78, 5) is 32.5. The van der Waals surface area contributed by atoms with Crippen molar-refractivity contribution in [3.8, 4) is 0 Å². The van der Waals surface area contributed by atoms with E-state index in [1.807, 2.05) is 35.2 Å². The van der Waals surface area contributed by atoms with Crippen molar-refractivity contribution in [3.63, 3.8) is 0 Å². The van der Waals surface area contributed by atoms with Gasteiger partial charge in [0.05, 0.1) is 12.1 Å². The standard InChI is InChI=1S/C18H19N3O2/c22-17(15-5-2-1-3-6-15)14-20-9-11-21(12-10-20)18(23)16-7-4-8-19-13-16/h1-8,13H,9-12,14H2. The maximum absolute atomic E-state index is 12.4. The summed E-state index contributed by atoms with van der Waals surface area (Å²) in [5, 5.41) is 0. The van der Waals surface area contributed by atoms with Crippen LogP contribution in [0.25, 0.3) is 0 Å². The first-order valence-electron chi connectivity index (χ1n) is 7.74. The van der Waals surface area contributed by atoms with Crippen molar-refractivity contribution in [1.82, 2.24) is 14.8 Å². The van der Waals surface area contributed by atoms with Crippen molar-refractivity contribution in [2.75, 3.05) is 32.7 Å². The molecule has 0 unspecified atom stereocenters. The van der Waals surface area contributed by atoms with Gasteiger partial charge in [0, 0.05) is 44.1 Å². The number of hydrogen-bond donors (Lipinski definition) is 0. The van der Waals surface area contributed by atoms with Gasteiger partial charge < -0.3 is 4.90 Å². The summed E-state index contributed by atoms with van der Waals surface area (Å²) in [6.07, 6.45) is 3.25. The minimum atomic E-state index is 0.00661. The summed E-state index contributed by atoms with van der Waals surface area (Å²) in [6.45, 7) is 3.10. The molecule has 1 amide bonds. The average molecular weight is 309 g/mol. The lowest BCUT2D eigenvalue weighted by Gasteiger charge is -2.34. The second kappa shape index (κ2) is 7.15. The first-order chi connectivity index (χ1) is 11.2. The largest absolute Gasteiger partial charge is 0.336 e. The molecular weight excluding hydrogens is 290 g/mol. The monoisotopic (exact) mass is 309 g/mol. The van der Waals surface area contributed by atoms with Gasteiger partial charge in [-0.05, 0) is 12.1 Å². The topological polar surface area (TPSA) is 53.5 Å². The van der Waals surface area contributed by atoms with Crippen LogP contribution in [0.4, 0.5) is 0 Å². The number of pyridine rings is 1. The zero-order chi connectivity index (χ0) is 16.1. The van der Waals surface area contributed by atoms with Gasteiger partial charge in [-0.25, -0.2) is 0 Å². The van der Waals surface area contributed by atoms with E-state index in [-0.39, 0.29) is 11.7 Å². The Morgan fingerprint density at radius 3 is 2.26 bits per heavy atom. The van der Waals surface area contributed by atoms with Crippen molar-refractivity contribution >= 4 is 11.7 Å². The predicted octanol–water partition coefficient (Wildman–Crippen LogP) is 1.72. The molecule has 5 nitrogen and oxygen atoms in total. The molecule has 0 N–H and O–H groups in total. The molecule has 0 aliphatic carbocycles. The molecule has 0 bridgehead atoms. The van der Waals surface area contributed by atoms with E-state index in [1.165, 1.54) is 0 Å². The lowest BCUT2D eigenvalue weighted by Crippen LogP contribution is -2.49. The molecule has 1 aromatic heterocycles. The lowest BCUT2D eigenvalue weighted by molar-refractivity contribution is 0.0624. The van der Waals surface area contributed by atoms with Crippen LogP contribution in [0.5, 0.6) is 0 Å². The number of carbonyl (C=O) groups excluding carboxylic acids is 2. The van der Waals surface area contributed by atoms with E-state index in [9.17, 15) is 9.59 Å². The van der Waals surface area contributed by atoms with Crippen molar-refractivity contribution in [3.05, 3.63) is 66.0 Å². The number of piperazine rings is 1. The highest BCUT2D eigenvalue weighted by Crippen LogP contribution is 2.09. The van der Waals surface area contributed by atoms with Crippen LogP contribution in [-0.2, 0) is 0 Å².